The van der Waals surface area contributed by atoms with Crippen molar-refractivity contribution in [1.29, 1.82) is 0 Å². The zero-order chi connectivity index (χ0) is 7.28. The molecule has 0 atom stereocenters. The summed E-state index contributed by atoms with van der Waals surface area (Å²) in [7, 11) is 0. The summed E-state index contributed by atoms with van der Waals surface area (Å²) < 4.78 is 4.65. The summed E-state index contributed by atoms with van der Waals surface area (Å²) in [6, 6.07) is 0. The third-order valence-electron chi connectivity index (χ3n) is 0.568. The van der Waals surface area contributed by atoms with E-state index in [4.69, 9.17) is 0 Å². The lowest BCUT2D eigenvalue weighted by Gasteiger charge is -2.05. The number of halogens is 1. The van der Waals surface area contributed by atoms with E-state index in [9.17, 15) is 4.79 Å². The molecule has 0 aliphatic rings. The van der Waals surface area contributed by atoms with Crippen molar-refractivity contribution in [2.24, 2.45) is 5.90 Å². The van der Waals surface area contributed by atoms with E-state index in [-0.39, 0.29) is 25.1 Å². The van der Waals surface area contributed by atoms with Gasteiger partial charge in [-0.3, -0.25) is 4.84 Å². The van der Waals surface area contributed by atoms with Gasteiger partial charge in [0.15, 0.2) is 6.61 Å². The van der Waals surface area contributed by atoms with Crippen LogP contribution < -0.4 is 5.90 Å². The number of nitrogens with two attached hydrogens (primary N) is 1. The molecule has 0 unspecified atom stereocenters. The average molecular weight is 170 g/mol. The Morgan fingerprint density at radius 1 is 1.60 bits per heavy atom. The molecule has 0 saturated heterocycles. The topological polar surface area (TPSA) is 61.5 Å². The van der Waals surface area contributed by atoms with Crippen LogP contribution in [0.3, 0.4) is 0 Å². The van der Waals surface area contributed by atoms with Gasteiger partial charge in [-0.25, -0.2) is 10.7 Å². The monoisotopic (exact) mass is 169 g/mol. The highest BCUT2D eigenvalue weighted by Crippen LogP contribution is 1.87. The lowest BCUT2D eigenvalue weighted by Crippen LogP contribution is -2.18. The molecule has 0 radical (unpaired) electrons. The van der Waals surface area contributed by atoms with E-state index >= 15 is 0 Å². The largest absolute Gasteiger partial charge is 0.461 e. The van der Waals surface area contributed by atoms with Crippen LogP contribution in [0.15, 0.2) is 0 Å². The van der Waals surface area contributed by atoms with E-state index in [1.165, 1.54) is 0 Å². The molecule has 5 heteroatoms. The van der Waals surface area contributed by atoms with Crippen molar-refractivity contribution in [3.63, 3.8) is 0 Å². The van der Waals surface area contributed by atoms with Crippen molar-refractivity contribution < 1.29 is 14.4 Å². The molecule has 0 bridgehead atoms. The summed E-state index contributed by atoms with van der Waals surface area (Å²) in [5.41, 5.74) is 0. The molecule has 2 N–H and O–H groups in total. The van der Waals surface area contributed by atoms with Crippen LogP contribution in [-0.2, 0) is 14.4 Å². The Hall–Kier alpha value is -0.320. The van der Waals surface area contributed by atoms with E-state index < -0.39 is 5.97 Å². The fraction of sp³-hybridized carbons (Fsp3) is 0.800. The van der Waals surface area contributed by atoms with Crippen molar-refractivity contribution in [2.45, 2.75) is 20.0 Å². The first kappa shape index (κ1) is 12.4. The van der Waals surface area contributed by atoms with Crippen LogP contribution in [0.5, 0.6) is 0 Å². The van der Waals surface area contributed by atoms with Crippen molar-refractivity contribution in [3.05, 3.63) is 0 Å². The van der Waals surface area contributed by atoms with Crippen LogP contribution in [0.25, 0.3) is 0 Å². The molecule has 0 aromatic rings. The summed E-state index contributed by atoms with van der Waals surface area (Å²) in [6.45, 7) is 3.33. The maximum absolute atomic E-state index is 10.4. The first-order valence-electron chi connectivity index (χ1n) is 2.68. The summed E-state index contributed by atoms with van der Waals surface area (Å²) in [5, 5.41) is 0. The Morgan fingerprint density at radius 3 is 2.40 bits per heavy atom. The summed E-state index contributed by atoms with van der Waals surface area (Å²) >= 11 is 0. The molecule has 0 aromatic heterocycles. The van der Waals surface area contributed by atoms with Gasteiger partial charge in [0.2, 0.25) is 0 Å². The standard InChI is InChI=1S/C5H11NO3.ClH/c1-4(2)9-5(7)3-8-6;/h4H,3,6H2,1-2H3;1H. The molecule has 10 heavy (non-hydrogen) atoms. The smallest absolute Gasteiger partial charge is 0.334 e. The molecular weight excluding hydrogens is 158 g/mol. The maximum Gasteiger partial charge on any atom is 0.334 e. The normalized spacial score (nSPS) is 8.80. The van der Waals surface area contributed by atoms with E-state index in [1.807, 2.05) is 0 Å². The minimum absolute atomic E-state index is 0. The molecule has 0 aliphatic heterocycles. The summed E-state index contributed by atoms with van der Waals surface area (Å²) in [4.78, 5) is 14.5. The number of carbonyl (C=O) groups excluding carboxylic acids is 1. The molecule has 0 saturated carbocycles. The third kappa shape index (κ3) is 7.68. The quantitative estimate of drug-likeness (QED) is 0.486. The highest BCUT2D eigenvalue weighted by molar-refractivity contribution is 5.85. The Labute approximate surface area is 66.0 Å². The molecule has 0 fully saturated rings. The number of carbonyl (C=O) groups is 1. The van der Waals surface area contributed by atoms with Gasteiger partial charge in [-0.15, -0.1) is 12.4 Å². The number of rotatable bonds is 3. The Balaban J connectivity index is 0. The average Bonchev–Trinajstić information content (AvgIpc) is 1.63. The Morgan fingerprint density at radius 2 is 2.10 bits per heavy atom. The Kier molecular flexibility index (Phi) is 8.40. The lowest BCUT2D eigenvalue weighted by molar-refractivity contribution is -0.152. The van der Waals surface area contributed by atoms with Gasteiger partial charge in [0, 0.05) is 0 Å². The molecule has 0 aliphatic carbocycles. The van der Waals surface area contributed by atoms with E-state index in [2.05, 4.69) is 15.5 Å². The number of ether oxygens (including phenoxy) is 1. The van der Waals surface area contributed by atoms with Crippen LogP contribution in [0.2, 0.25) is 0 Å². The second kappa shape index (κ2) is 6.80. The highest BCUT2D eigenvalue weighted by atomic mass is 35.5. The second-order valence-corrected chi connectivity index (χ2v) is 1.85. The van der Waals surface area contributed by atoms with Crippen molar-refractivity contribution in [2.75, 3.05) is 6.61 Å². The Bertz CT molecular complexity index is 96.9. The van der Waals surface area contributed by atoms with Crippen molar-refractivity contribution in [1.82, 2.24) is 0 Å². The van der Waals surface area contributed by atoms with Crippen molar-refractivity contribution >= 4 is 18.4 Å². The van der Waals surface area contributed by atoms with Crippen LogP contribution >= 0.6 is 12.4 Å². The van der Waals surface area contributed by atoms with Crippen LogP contribution in [-0.4, -0.2) is 18.7 Å². The molecule has 62 valence electrons. The van der Waals surface area contributed by atoms with Gasteiger partial charge in [0.05, 0.1) is 6.10 Å². The second-order valence-electron chi connectivity index (χ2n) is 1.85. The van der Waals surface area contributed by atoms with Gasteiger partial charge in [0.1, 0.15) is 0 Å². The lowest BCUT2D eigenvalue weighted by atomic mass is 10.5. The van der Waals surface area contributed by atoms with Crippen LogP contribution in [0.4, 0.5) is 0 Å². The van der Waals surface area contributed by atoms with Crippen molar-refractivity contribution in [3.8, 4) is 0 Å². The molecule has 0 spiro atoms. The fourth-order valence-electron chi connectivity index (χ4n) is 0.365. The highest BCUT2D eigenvalue weighted by Gasteiger charge is 2.02. The van der Waals surface area contributed by atoms with E-state index in [0.29, 0.717) is 0 Å². The zero-order valence-electron chi connectivity index (χ0n) is 5.99. The maximum atomic E-state index is 10.4. The van der Waals surface area contributed by atoms with Gasteiger partial charge in [-0.1, -0.05) is 0 Å². The van der Waals surface area contributed by atoms with Gasteiger partial charge < -0.3 is 4.74 Å². The van der Waals surface area contributed by atoms with Gasteiger partial charge in [0.25, 0.3) is 0 Å². The number of hydrogen-bond acceptors (Lipinski definition) is 4. The van der Waals surface area contributed by atoms with Crippen LogP contribution in [0, 0.1) is 0 Å². The summed E-state index contributed by atoms with van der Waals surface area (Å²) in [5.74, 6) is 4.17. The third-order valence-corrected chi connectivity index (χ3v) is 0.568. The molecule has 0 aromatic carbocycles. The predicted molar refractivity (Wildman–Crippen MR) is 38.6 cm³/mol. The first-order valence-corrected chi connectivity index (χ1v) is 2.68. The fourth-order valence-corrected chi connectivity index (χ4v) is 0.365. The molecule has 0 heterocycles. The minimum atomic E-state index is -0.437. The molecule has 4 nitrogen and oxygen atoms in total. The van der Waals surface area contributed by atoms with Gasteiger partial charge in [-0.05, 0) is 13.8 Å². The molecule has 0 rings (SSSR count). The van der Waals surface area contributed by atoms with Gasteiger partial charge >= 0.3 is 5.97 Å². The summed E-state index contributed by atoms with van der Waals surface area (Å²) in [6.07, 6.45) is -0.104. The zero-order valence-corrected chi connectivity index (χ0v) is 6.81. The predicted octanol–water partition coefficient (Wildman–Crippen LogP) is 0.250. The van der Waals surface area contributed by atoms with Crippen LogP contribution in [0.1, 0.15) is 13.8 Å². The van der Waals surface area contributed by atoms with E-state index in [1.54, 1.807) is 13.8 Å². The first-order chi connectivity index (χ1) is 4.16. The SMILES string of the molecule is CC(C)OC(=O)CON.Cl. The number of esters is 1. The van der Waals surface area contributed by atoms with E-state index in [0.717, 1.165) is 0 Å². The molecule has 0 amide bonds. The van der Waals surface area contributed by atoms with Gasteiger partial charge in [-0.2, -0.15) is 0 Å². The number of hydrogen-bond donors (Lipinski definition) is 1. The molecular formula is C5H12ClNO3. The minimum Gasteiger partial charge on any atom is -0.461 e.